The Hall–Kier alpha value is -0.670. The molecule has 1 aliphatic heterocycles. The van der Waals surface area contributed by atoms with Crippen molar-refractivity contribution in [1.29, 1.82) is 0 Å². The lowest BCUT2D eigenvalue weighted by atomic mass is 10.1. The summed E-state index contributed by atoms with van der Waals surface area (Å²) in [6.07, 6.45) is 3.71. The first-order valence-electron chi connectivity index (χ1n) is 5.74. The maximum atomic E-state index is 12.0. The minimum atomic E-state index is 0.226. The molecule has 0 radical (unpaired) electrons. The summed E-state index contributed by atoms with van der Waals surface area (Å²) in [4.78, 5) is 14.0. The smallest absolute Gasteiger partial charge is 0.227 e. The number of hydrogen-bond acceptors (Lipinski definition) is 2. The highest BCUT2D eigenvalue weighted by atomic mass is 35.5. The summed E-state index contributed by atoms with van der Waals surface area (Å²) in [5, 5.41) is 1.33. The fourth-order valence-electron chi connectivity index (χ4n) is 2.04. The summed E-state index contributed by atoms with van der Waals surface area (Å²) in [6.45, 7) is 1.80. The van der Waals surface area contributed by atoms with Crippen molar-refractivity contribution in [1.82, 2.24) is 4.90 Å². The molecule has 0 spiro atoms. The van der Waals surface area contributed by atoms with E-state index in [-0.39, 0.29) is 5.91 Å². The lowest BCUT2D eigenvalue weighted by molar-refractivity contribution is -0.129. The molecule has 4 heteroatoms. The second kappa shape index (κ2) is 5.78. The van der Waals surface area contributed by atoms with Crippen LogP contribution in [0.25, 0.3) is 0 Å². The third kappa shape index (κ3) is 3.39. The number of carbonyl (C=O) groups excluding carboxylic acids is 1. The predicted molar refractivity (Wildman–Crippen MR) is 73.7 cm³/mol. The number of thioether (sulfide) groups is 1. The molecule has 1 aromatic carbocycles. The quantitative estimate of drug-likeness (QED) is 0.841. The second-order valence-corrected chi connectivity index (χ2v) is 5.86. The van der Waals surface area contributed by atoms with Gasteiger partial charge in [-0.15, -0.1) is 0 Å². The van der Waals surface area contributed by atoms with Gasteiger partial charge in [0.15, 0.2) is 0 Å². The number of nitrogens with zero attached hydrogens (tertiary/aromatic N) is 1. The molecule has 1 heterocycles. The summed E-state index contributed by atoms with van der Waals surface area (Å²) in [6, 6.07) is 7.50. The van der Waals surface area contributed by atoms with Gasteiger partial charge in [0, 0.05) is 23.4 Å². The summed E-state index contributed by atoms with van der Waals surface area (Å²) >= 11 is 7.67. The van der Waals surface area contributed by atoms with Crippen molar-refractivity contribution < 1.29 is 4.79 Å². The van der Waals surface area contributed by atoms with E-state index in [9.17, 15) is 4.79 Å². The van der Waals surface area contributed by atoms with E-state index in [0.717, 1.165) is 25.1 Å². The van der Waals surface area contributed by atoms with Gasteiger partial charge in [-0.25, -0.2) is 0 Å². The van der Waals surface area contributed by atoms with E-state index in [4.69, 9.17) is 11.6 Å². The molecule has 1 aliphatic rings. The van der Waals surface area contributed by atoms with Crippen LogP contribution in [0.4, 0.5) is 0 Å². The van der Waals surface area contributed by atoms with Crippen LogP contribution in [0.2, 0.25) is 5.02 Å². The van der Waals surface area contributed by atoms with Crippen molar-refractivity contribution >= 4 is 29.3 Å². The predicted octanol–water partition coefficient (Wildman–Crippen LogP) is 2.85. The monoisotopic (exact) mass is 269 g/mol. The zero-order chi connectivity index (χ0) is 12.3. The van der Waals surface area contributed by atoms with Crippen molar-refractivity contribution in [2.45, 2.75) is 18.1 Å². The lowest BCUT2D eigenvalue weighted by Gasteiger charge is -2.16. The van der Waals surface area contributed by atoms with Crippen LogP contribution in [0.5, 0.6) is 0 Å². The van der Waals surface area contributed by atoms with Gasteiger partial charge in [-0.2, -0.15) is 11.8 Å². The maximum Gasteiger partial charge on any atom is 0.227 e. The van der Waals surface area contributed by atoms with Gasteiger partial charge in [-0.3, -0.25) is 4.79 Å². The molecule has 0 N–H and O–H groups in total. The Balaban J connectivity index is 1.91. The second-order valence-electron chi connectivity index (χ2n) is 4.29. The molecule has 1 atom stereocenters. The third-order valence-corrected chi connectivity index (χ3v) is 4.40. The molecular weight excluding hydrogens is 254 g/mol. The highest BCUT2D eigenvalue weighted by Crippen LogP contribution is 2.21. The van der Waals surface area contributed by atoms with Gasteiger partial charge in [0.05, 0.1) is 6.42 Å². The van der Waals surface area contributed by atoms with E-state index < -0.39 is 0 Å². The fourth-order valence-corrected chi connectivity index (χ4v) is 2.83. The molecule has 1 amide bonds. The van der Waals surface area contributed by atoms with Gasteiger partial charge in [0.1, 0.15) is 0 Å². The van der Waals surface area contributed by atoms with Crippen LogP contribution in [0.3, 0.4) is 0 Å². The summed E-state index contributed by atoms with van der Waals surface area (Å²) < 4.78 is 0. The maximum absolute atomic E-state index is 12.0. The van der Waals surface area contributed by atoms with Crippen LogP contribution in [-0.2, 0) is 11.2 Å². The highest BCUT2D eigenvalue weighted by Gasteiger charge is 2.25. The number of halogens is 1. The molecule has 0 saturated carbocycles. The average Bonchev–Trinajstić information content (AvgIpc) is 2.81. The molecule has 2 rings (SSSR count). The van der Waals surface area contributed by atoms with E-state index in [1.54, 1.807) is 0 Å². The number of benzene rings is 1. The van der Waals surface area contributed by atoms with Crippen molar-refractivity contribution in [2.75, 3.05) is 19.3 Å². The first kappa shape index (κ1) is 12.8. The Labute approximate surface area is 111 Å². The number of hydrogen-bond donors (Lipinski definition) is 0. The first-order valence-corrected chi connectivity index (χ1v) is 7.40. The van der Waals surface area contributed by atoms with E-state index in [0.29, 0.717) is 16.7 Å². The minimum Gasteiger partial charge on any atom is -0.341 e. The highest BCUT2D eigenvalue weighted by molar-refractivity contribution is 7.99. The summed E-state index contributed by atoms with van der Waals surface area (Å²) in [5.41, 5.74) is 1.03. The zero-order valence-electron chi connectivity index (χ0n) is 9.86. The van der Waals surface area contributed by atoms with Crippen molar-refractivity contribution in [2.24, 2.45) is 0 Å². The van der Waals surface area contributed by atoms with Crippen molar-refractivity contribution in [3.8, 4) is 0 Å². The van der Waals surface area contributed by atoms with Gasteiger partial charge < -0.3 is 4.90 Å². The Kier molecular flexibility index (Phi) is 4.35. The minimum absolute atomic E-state index is 0.226. The SMILES string of the molecule is CS[C@H]1CCN(C(=O)Cc2ccc(Cl)cc2)C1. The molecule has 17 heavy (non-hydrogen) atoms. The fraction of sp³-hybridized carbons (Fsp3) is 0.462. The normalized spacial score (nSPS) is 19.6. The van der Waals surface area contributed by atoms with Crippen molar-refractivity contribution in [3.05, 3.63) is 34.9 Å². The number of likely N-dealkylation sites (tertiary alicyclic amines) is 1. The van der Waals surface area contributed by atoms with Gasteiger partial charge in [-0.05, 0) is 30.4 Å². The van der Waals surface area contributed by atoms with Gasteiger partial charge in [0.2, 0.25) is 5.91 Å². The molecule has 0 unspecified atom stereocenters. The Morgan fingerprint density at radius 1 is 1.47 bits per heavy atom. The van der Waals surface area contributed by atoms with Gasteiger partial charge in [-0.1, -0.05) is 23.7 Å². The van der Waals surface area contributed by atoms with E-state index in [1.807, 2.05) is 40.9 Å². The zero-order valence-corrected chi connectivity index (χ0v) is 11.4. The largest absolute Gasteiger partial charge is 0.341 e. The van der Waals surface area contributed by atoms with Crippen molar-refractivity contribution in [3.63, 3.8) is 0 Å². The van der Waals surface area contributed by atoms with Crippen LogP contribution in [0.15, 0.2) is 24.3 Å². The average molecular weight is 270 g/mol. The Bertz CT molecular complexity index is 393. The van der Waals surface area contributed by atoms with Crippen LogP contribution < -0.4 is 0 Å². The standard InChI is InChI=1S/C13H16ClNOS/c1-17-12-6-7-15(9-12)13(16)8-10-2-4-11(14)5-3-10/h2-5,12H,6-9H2,1H3/t12-/m0/s1. The number of rotatable bonds is 3. The van der Waals surface area contributed by atoms with E-state index in [1.165, 1.54) is 0 Å². The molecule has 2 nitrogen and oxygen atoms in total. The van der Waals surface area contributed by atoms with Crippen LogP contribution in [0, 0.1) is 0 Å². The lowest BCUT2D eigenvalue weighted by Crippen LogP contribution is -2.30. The van der Waals surface area contributed by atoms with Crippen LogP contribution in [0.1, 0.15) is 12.0 Å². The molecule has 0 aromatic heterocycles. The van der Waals surface area contributed by atoms with Crippen LogP contribution in [-0.4, -0.2) is 35.4 Å². The van der Waals surface area contributed by atoms with Crippen LogP contribution >= 0.6 is 23.4 Å². The molecule has 1 aromatic rings. The van der Waals surface area contributed by atoms with E-state index in [2.05, 4.69) is 6.26 Å². The number of amides is 1. The molecule has 92 valence electrons. The number of carbonyl (C=O) groups is 1. The molecule has 0 bridgehead atoms. The first-order chi connectivity index (χ1) is 8.19. The summed E-state index contributed by atoms with van der Waals surface area (Å²) in [5.74, 6) is 0.226. The molecule has 1 fully saturated rings. The van der Waals surface area contributed by atoms with E-state index >= 15 is 0 Å². The summed E-state index contributed by atoms with van der Waals surface area (Å²) in [7, 11) is 0. The molecular formula is C13H16ClNOS. The third-order valence-electron chi connectivity index (χ3n) is 3.10. The van der Waals surface area contributed by atoms with Gasteiger partial charge >= 0.3 is 0 Å². The Morgan fingerprint density at radius 2 is 2.18 bits per heavy atom. The topological polar surface area (TPSA) is 20.3 Å². The Morgan fingerprint density at radius 3 is 2.76 bits per heavy atom. The molecule has 0 aliphatic carbocycles. The molecule has 1 saturated heterocycles. The van der Waals surface area contributed by atoms with Gasteiger partial charge in [0.25, 0.3) is 0 Å².